The first-order valence-corrected chi connectivity index (χ1v) is 6.73. The average molecular weight is 263 g/mol. The molecular weight excluding hydrogens is 242 g/mol. The van der Waals surface area contributed by atoms with Crippen LogP contribution in [0, 0.1) is 6.92 Å². The lowest BCUT2D eigenvalue weighted by Crippen LogP contribution is -2.48. The lowest BCUT2D eigenvalue weighted by Gasteiger charge is -2.34. The van der Waals surface area contributed by atoms with Crippen LogP contribution in [0.5, 0.6) is 0 Å². The Morgan fingerprint density at radius 1 is 1.53 bits per heavy atom. The van der Waals surface area contributed by atoms with Gasteiger partial charge in [0.05, 0.1) is 25.9 Å². The van der Waals surface area contributed by atoms with Crippen molar-refractivity contribution in [3.8, 4) is 0 Å². The smallest absolute Gasteiger partial charge is 0.164 e. The third-order valence-electron chi connectivity index (χ3n) is 3.53. The Kier molecular flexibility index (Phi) is 5.07. The van der Waals surface area contributed by atoms with Crippen LogP contribution >= 0.6 is 0 Å². The summed E-state index contributed by atoms with van der Waals surface area (Å²) in [6, 6.07) is 7.71. The lowest BCUT2D eigenvalue weighted by atomic mass is 10.1. The molecule has 4 nitrogen and oxygen atoms in total. The van der Waals surface area contributed by atoms with Gasteiger partial charge in [-0.1, -0.05) is 23.8 Å². The number of aliphatic hydroxyl groups is 1. The molecule has 1 heterocycles. The molecule has 1 N–H and O–H groups in total. The fourth-order valence-electron chi connectivity index (χ4n) is 2.36. The summed E-state index contributed by atoms with van der Waals surface area (Å²) in [6.45, 7) is 4.76. The highest BCUT2D eigenvalue weighted by Gasteiger charge is 2.22. The Labute approximate surface area is 114 Å². The molecule has 1 saturated heterocycles. The van der Waals surface area contributed by atoms with Crippen LogP contribution in [0.25, 0.3) is 0 Å². The van der Waals surface area contributed by atoms with Gasteiger partial charge >= 0.3 is 0 Å². The minimum Gasteiger partial charge on any atom is -0.395 e. The van der Waals surface area contributed by atoms with E-state index in [2.05, 4.69) is 4.90 Å². The van der Waals surface area contributed by atoms with Crippen molar-refractivity contribution >= 4 is 5.78 Å². The van der Waals surface area contributed by atoms with Gasteiger partial charge in [-0.05, 0) is 13.0 Å². The fraction of sp³-hybridized carbons (Fsp3) is 0.533. The van der Waals surface area contributed by atoms with E-state index in [0.29, 0.717) is 26.2 Å². The summed E-state index contributed by atoms with van der Waals surface area (Å²) in [6.07, 6.45) is 0.486. The molecule has 0 saturated carbocycles. The Morgan fingerprint density at radius 3 is 3.11 bits per heavy atom. The average Bonchev–Trinajstić information content (AvgIpc) is 2.45. The van der Waals surface area contributed by atoms with Crippen LogP contribution in [0.2, 0.25) is 0 Å². The van der Waals surface area contributed by atoms with E-state index in [4.69, 9.17) is 4.74 Å². The van der Waals surface area contributed by atoms with Gasteiger partial charge in [0.25, 0.3) is 0 Å². The predicted molar refractivity (Wildman–Crippen MR) is 73.4 cm³/mol. The van der Waals surface area contributed by atoms with Crippen molar-refractivity contribution in [2.45, 2.75) is 19.4 Å². The summed E-state index contributed by atoms with van der Waals surface area (Å²) >= 11 is 0. The van der Waals surface area contributed by atoms with Crippen LogP contribution in [0.3, 0.4) is 0 Å². The Bertz CT molecular complexity index is 433. The van der Waals surface area contributed by atoms with Gasteiger partial charge in [0.2, 0.25) is 0 Å². The van der Waals surface area contributed by atoms with Gasteiger partial charge in [-0.3, -0.25) is 9.69 Å². The molecule has 104 valence electrons. The first kappa shape index (κ1) is 14.2. The van der Waals surface area contributed by atoms with E-state index < -0.39 is 0 Å². The van der Waals surface area contributed by atoms with Crippen LogP contribution in [0.4, 0.5) is 0 Å². The number of carbonyl (C=O) groups is 1. The summed E-state index contributed by atoms with van der Waals surface area (Å²) in [5.74, 6) is 0.159. The molecule has 0 aliphatic carbocycles. The van der Waals surface area contributed by atoms with E-state index in [1.54, 1.807) is 0 Å². The number of benzene rings is 1. The standard InChI is InChI=1S/C15H21NO3/c1-12-3-2-4-13(9-12)15(18)5-6-16-7-8-19-11-14(16)10-17/h2-4,9,14,17H,5-8,10-11H2,1H3. The number of carbonyl (C=O) groups excluding carboxylic acids is 1. The number of hydrogen-bond acceptors (Lipinski definition) is 4. The highest BCUT2D eigenvalue weighted by atomic mass is 16.5. The summed E-state index contributed by atoms with van der Waals surface area (Å²) in [4.78, 5) is 14.3. The molecule has 0 radical (unpaired) electrons. The van der Waals surface area contributed by atoms with E-state index >= 15 is 0 Å². The summed E-state index contributed by atoms with van der Waals surface area (Å²) in [5.41, 5.74) is 1.87. The highest BCUT2D eigenvalue weighted by molar-refractivity contribution is 5.96. The molecule has 0 spiro atoms. The maximum atomic E-state index is 12.1. The number of nitrogens with zero attached hydrogens (tertiary/aromatic N) is 1. The molecule has 0 aromatic heterocycles. The van der Waals surface area contributed by atoms with Crippen LogP contribution in [-0.4, -0.2) is 54.7 Å². The Balaban J connectivity index is 1.89. The van der Waals surface area contributed by atoms with Crippen LogP contribution in [-0.2, 0) is 4.74 Å². The lowest BCUT2D eigenvalue weighted by molar-refractivity contribution is -0.0270. The number of aryl methyl sites for hydroxylation is 1. The minimum atomic E-state index is 0.0269. The van der Waals surface area contributed by atoms with Gasteiger partial charge in [0, 0.05) is 25.1 Å². The number of ketones is 1. The minimum absolute atomic E-state index is 0.0269. The number of Topliss-reactive ketones (excluding diaryl/α,β-unsaturated/α-hetero) is 1. The molecule has 1 unspecified atom stereocenters. The second-order valence-electron chi connectivity index (χ2n) is 4.99. The van der Waals surface area contributed by atoms with Crippen molar-refractivity contribution in [3.05, 3.63) is 35.4 Å². The quantitative estimate of drug-likeness (QED) is 0.813. The maximum absolute atomic E-state index is 12.1. The van der Waals surface area contributed by atoms with Crippen molar-refractivity contribution < 1.29 is 14.6 Å². The predicted octanol–water partition coefficient (Wildman–Crippen LogP) is 1.26. The molecule has 1 fully saturated rings. The zero-order chi connectivity index (χ0) is 13.7. The van der Waals surface area contributed by atoms with Gasteiger partial charge < -0.3 is 9.84 Å². The molecule has 2 rings (SSSR count). The van der Waals surface area contributed by atoms with Gasteiger partial charge in [0.15, 0.2) is 5.78 Å². The molecule has 1 atom stereocenters. The molecule has 19 heavy (non-hydrogen) atoms. The van der Waals surface area contributed by atoms with Crippen molar-refractivity contribution in [1.82, 2.24) is 4.90 Å². The summed E-state index contributed by atoms with van der Waals surface area (Å²) in [5, 5.41) is 9.27. The van der Waals surface area contributed by atoms with Gasteiger partial charge in [0.1, 0.15) is 0 Å². The first-order valence-electron chi connectivity index (χ1n) is 6.73. The summed E-state index contributed by atoms with van der Waals surface area (Å²) in [7, 11) is 0. The molecule has 1 aliphatic rings. The number of hydrogen-bond donors (Lipinski definition) is 1. The van der Waals surface area contributed by atoms with Crippen LogP contribution in [0.15, 0.2) is 24.3 Å². The second-order valence-corrected chi connectivity index (χ2v) is 4.99. The second kappa shape index (κ2) is 6.80. The third kappa shape index (κ3) is 3.86. The van der Waals surface area contributed by atoms with Crippen molar-refractivity contribution in [2.75, 3.05) is 32.9 Å². The monoisotopic (exact) mass is 263 g/mol. The Hall–Kier alpha value is -1.23. The summed E-state index contributed by atoms with van der Waals surface area (Å²) < 4.78 is 5.32. The Morgan fingerprint density at radius 2 is 2.37 bits per heavy atom. The number of morpholine rings is 1. The van der Waals surface area contributed by atoms with E-state index in [-0.39, 0.29) is 18.4 Å². The molecule has 1 aliphatic heterocycles. The maximum Gasteiger partial charge on any atom is 0.164 e. The fourth-order valence-corrected chi connectivity index (χ4v) is 2.36. The highest BCUT2D eigenvalue weighted by Crippen LogP contribution is 2.11. The van der Waals surface area contributed by atoms with Gasteiger partial charge in [-0.2, -0.15) is 0 Å². The molecule has 4 heteroatoms. The molecule has 1 aromatic carbocycles. The van der Waals surface area contributed by atoms with Crippen molar-refractivity contribution in [1.29, 1.82) is 0 Å². The zero-order valence-electron chi connectivity index (χ0n) is 11.3. The van der Waals surface area contributed by atoms with E-state index in [1.807, 2.05) is 31.2 Å². The zero-order valence-corrected chi connectivity index (χ0v) is 11.3. The molecule has 1 aromatic rings. The SMILES string of the molecule is Cc1cccc(C(=O)CCN2CCOCC2CO)c1. The topological polar surface area (TPSA) is 49.8 Å². The normalized spacial score (nSPS) is 20.4. The number of ether oxygens (including phenoxy) is 1. The van der Waals surface area contributed by atoms with Crippen molar-refractivity contribution in [3.63, 3.8) is 0 Å². The van der Waals surface area contributed by atoms with Crippen LogP contribution < -0.4 is 0 Å². The van der Waals surface area contributed by atoms with Gasteiger partial charge in [-0.25, -0.2) is 0 Å². The number of aliphatic hydroxyl groups excluding tert-OH is 1. The molecule has 0 amide bonds. The van der Waals surface area contributed by atoms with Crippen molar-refractivity contribution in [2.24, 2.45) is 0 Å². The van der Waals surface area contributed by atoms with Gasteiger partial charge in [-0.15, -0.1) is 0 Å². The first-order chi connectivity index (χ1) is 9.20. The van der Waals surface area contributed by atoms with E-state index in [9.17, 15) is 9.90 Å². The number of rotatable bonds is 5. The molecular formula is C15H21NO3. The van der Waals surface area contributed by atoms with E-state index in [1.165, 1.54) is 0 Å². The molecule has 0 bridgehead atoms. The van der Waals surface area contributed by atoms with Crippen LogP contribution in [0.1, 0.15) is 22.3 Å². The third-order valence-corrected chi connectivity index (χ3v) is 3.53. The largest absolute Gasteiger partial charge is 0.395 e. The van der Waals surface area contributed by atoms with E-state index in [0.717, 1.165) is 17.7 Å².